The Morgan fingerprint density at radius 1 is 1.32 bits per heavy atom. The van der Waals surface area contributed by atoms with E-state index in [1.165, 1.54) is 13.0 Å². The fourth-order valence-electron chi connectivity index (χ4n) is 1.56. The van der Waals surface area contributed by atoms with Crippen LogP contribution in [0.25, 0.3) is 11.0 Å². The molecule has 0 aliphatic rings. The van der Waals surface area contributed by atoms with Crippen molar-refractivity contribution in [3.05, 3.63) is 46.3 Å². The molecule has 0 saturated carbocycles. The summed E-state index contributed by atoms with van der Waals surface area (Å²) >= 11 is 0. The highest BCUT2D eigenvalue weighted by Gasteiger charge is 2.18. The van der Waals surface area contributed by atoms with E-state index in [4.69, 9.17) is 9.52 Å². The number of aliphatic carboxylic acids is 1. The molecule has 0 aliphatic carbocycles. The number of hydrogen-bond donors (Lipinski definition) is 2. The highest BCUT2D eigenvalue weighted by atomic mass is 16.4. The average Bonchev–Trinajstić information content (AvgIpc) is 2.37. The summed E-state index contributed by atoms with van der Waals surface area (Å²) in [7, 11) is 0. The first kappa shape index (κ1) is 12.8. The number of amides is 1. The standard InChI is InChI=1S/C13H11NO5/c1-7(12(16)17)14-11(15)9-6-8-4-2-3-5-10(8)19-13(9)18/h2-7H,1H3,(H,14,15)(H,16,17). The van der Waals surface area contributed by atoms with Crippen LogP contribution in [0.1, 0.15) is 17.3 Å². The third-order valence-electron chi connectivity index (χ3n) is 2.60. The van der Waals surface area contributed by atoms with Gasteiger partial charge in [-0.2, -0.15) is 0 Å². The van der Waals surface area contributed by atoms with Gasteiger partial charge < -0.3 is 14.8 Å². The van der Waals surface area contributed by atoms with Crippen LogP contribution in [0.2, 0.25) is 0 Å². The van der Waals surface area contributed by atoms with Crippen molar-refractivity contribution in [1.82, 2.24) is 5.32 Å². The molecule has 1 aromatic carbocycles. The topological polar surface area (TPSA) is 96.6 Å². The molecule has 98 valence electrons. The van der Waals surface area contributed by atoms with E-state index >= 15 is 0 Å². The van der Waals surface area contributed by atoms with Gasteiger partial charge in [0.1, 0.15) is 17.2 Å². The number of benzene rings is 1. The van der Waals surface area contributed by atoms with Gasteiger partial charge in [0.05, 0.1) is 0 Å². The molecule has 1 amide bonds. The Morgan fingerprint density at radius 2 is 2.00 bits per heavy atom. The molecule has 0 bridgehead atoms. The van der Waals surface area contributed by atoms with E-state index < -0.39 is 23.5 Å². The van der Waals surface area contributed by atoms with E-state index in [1.807, 2.05) is 0 Å². The summed E-state index contributed by atoms with van der Waals surface area (Å²) in [4.78, 5) is 34.1. The first-order chi connectivity index (χ1) is 8.99. The minimum Gasteiger partial charge on any atom is -0.480 e. The monoisotopic (exact) mass is 261 g/mol. The van der Waals surface area contributed by atoms with E-state index in [0.717, 1.165) is 0 Å². The Bertz CT molecular complexity index is 703. The molecule has 19 heavy (non-hydrogen) atoms. The molecule has 1 atom stereocenters. The zero-order chi connectivity index (χ0) is 14.0. The van der Waals surface area contributed by atoms with Crippen LogP contribution in [0, 0.1) is 0 Å². The van der Waals surface area contributed by atoms with Crippen molar-refractivity contribution in [2.75, 3.05) is 0 Å². The summed E-state index contributed by atoms with van der Waals surface area (Å²) in [6.45, 7) is 1.31. The molecule has 2 aromatic rings. The largest absolute Gasteiger partial charge is 0.480 e. The summed E-state index contributed by atoms with van der Waals surface area (Å²) in [6, 6.07) is 7.04. The molecule has 1 aromatic heterocycles. The lowest BCUT2D eigenvalue weighted by Crippen LogP contribution is -2.40. The number of fused-ring (bicyclic) bond motifs is 1. The molecule has 6 nitrogen and oxygen atoms in total. The lowest BCUT2D eigenvalue weighted by molar-refractivity contribution is -0.138. The van der Waals surface area contributed by atoms with Gasteiger partial charge >= 0.3 is 11.6 Å². The van der Waals surface area contributed by atoms with Gasteiger partial charge in [0.25, 0.3) is 5.91 Å². The highest BCUT2D eigenvalue weighted by molar-refractivity contribution is 5.98. The van der Waals surface area contributed by atoms with Gasteiger partial charge in [-0.25, -0.2) is 4.79 Å². The second-order valence-corrected chi connectivity index (χ2v) is 4.02. The third-order valence-corrected chi connectivity index (χ3v) is 2.60. The molecule has 0 radical (unpaired) electrons. The quantitative estimate of drug-likeness (QED) is 0.803. The Balaban J connectivity index is 2.39. The zero-order valence-corrected chi connectivity index (χ0v) is 10.0. The molecule has 0 fully saturated rings. The summed E-state index contributed by atoms with van der Waals surface area (Å²) < 4.78 is 4.99. The maximum Gasteiger partial charge on any atom is 0.349 e. The van der Waals surface area contributed by atoms with Crippen LogP contribution < -0.4 is 10.9 Å². The average molecular weight is 261 g/mol. The number of carbonyl (C=O) groups is 2. The summed E-state index contributed by atoms with van der Waals surface area (Å²) in [5.41, 5.74) is -0.643. The number of carbonyl (C=O) groups excluding carboxylic acids is 1. The minimum atomic E-state index is -1.18. The van der Waals surface area contributed by atoms with Crippen molar-refractivity contribution in [2.45, 2.75) is 13.0 Å². The zero-order valence-electron chi connectivity index (χ0n) is 10.0. The molecular formula is C13H11NO5. The second kappa shape index (κ2) is 4.93. The lowest BCUT2D eigenvalue weighted by atomic mass is 10.1. The number of hydrogen-bond acceptors (Lipinski definition) is 4. The number of para-hydroxylation sites is 1. The fraction of sp³-hybridized carbons (Fsp3) is 0.154. The molecule has 1 heterocycles. The summed E-state index contributed by atoms with van der Waals surface area (Å²) in [5.74, 6) is -1.95. The number of carboxylic acid groups (broad SMARTS) is 1. The van der Waals surface area contributed by atoms with Crippen LogP contribution in [0.4, 0.5) is 0 Å². The Hall–Kier alpha value is -2.63. The van der Waals surface area contributed by atoms with Crippen LogP contribution >= 0.6 is 0 Å². The normalized spacial score (nSPS) is 12.1. The van der Waals surface area contributed by atoms with Crippen molar-refractivity contribution in [3.63, 3.8) is 0 Å². The first-order valence-corrected chi connectivity index (χ1v) is 5.55. The molecule has 0 aliphatic heterocycles. The summed E-state index contributed by atoms with van der Waals surface area (Å²) in [6.07, 6.45) is 0. The molecule has 0 spiro atoms. The molecular weight excluding hydrogens is 250 g/mol. The van der Waals surface area contributed by atoms with Gasteiger partial charge in [0, 0.05) is 5.39 Å². The SMILES string of the molecule is CC(NC(=O)c1cc2ccccc2oc1=O)C(=O)O. The second-order valence-electron chi connectivity index (χ2n) is 4.02. The Labute approximate surface area is 107 Å². The van der Waals surface area contributed by atoms with Crippen LogP contribution in [-0.4, -0.2) is 23.0 Å². The van der Waals surface area contributed by atoms with Gasteiger partial charge in [-0.05, 0) is 19.1 Å². The molecule has 2 rings (SSSR count). The van der Waals surface area contributed by atoms with Gasteiger partial charge in [-0.15, -0.1) is 0 Å². The maximum atomic E-state index is 11.8. The van der Waals surface area contributed by atoms with E-state index in [-0.39, 0.29) is 5.56 Å². The third kappa shape index (κ3) is 2.62. The number of nitrogens with one attached hydrogen (secondary N) is 1. The summed E-state index contributed by atoms with van der Waals surface area (Å²) in [5, 5.41) is 11.5. The number of rotatable bonds is 3. The van der Waals surface area contributed by atoms with E-state index in [2.05, 4.69) is 5.32 Å². The van der Waals surface area contributed by atoms with Crippen LogP contribution in [0.15, 0.2) is 39.5 Å². The van der Waals surface area contributed by atoms with Crippen LogP contribution in [0.3, 0.4) is 0 Å². The van der Waals surface area contributed by atoms with Crippen molar-refractivity contribution < 1.29 is 19.1 Å². The molecule has 1 unspecified atom stereocenters. The van der Waals surface area contributed by atoms with Gasteiger partial charge in [0.2, 0.25) is 0 Å². The first-order valence-electron chi connectivity index (χ1n) is 5.55. The van der Waals surface area contributed by atoms with Gasteiger partial charge in [0.15, 0.2) is 0 Å². The van der Waals surface area contributed by atoms with Crippen molar-refractivity contribution in [1.29, 1.82) is 0 Å². The Morgan fingerprint density at radius 3 is 2.68 bits per heavy atom. The Kier molecular flexibility index (Phi) is 3.33. The van der Waals surface area contributed by atoms with Crippen molar-refractivity contribution in [3.8, 4) is 0 Å². The lowest BCUT2D eigenvalue weighted by Gasteiger charge is -2.08. The maximum absolute atomic E-state index is 11.8. The predicted molar refractivity (Wildman–Crippen MR) is 67.0 cm³/mol. The smallest absolute Gasteiger partial charge is 0.349 e. The van der Waals surface area contributed by atoms with Gasteiger partial charge in [-0.1, -0.05) is 18.2 Å². The van der Waals surface area contributed by atoms with E-state index in [1.54, 1.807) is 24.3 Å². The van der Waals surface area contributed by atoms with E-state index in [9.17, 15) is 14.4 Å². The molecule has 2 N–H and O–H groups in total. The fourth-order valence-corrected chi connectivity index (χ4v) is 1.56. The van der Waals surface area contributed by atoms with Crippen LogP contribution in [-0.2, 0) is 4.79 Å². The van der Waals surface area contributed by atoms with E-state index in [0.29, 0.717) is 11.0 Å². The number of carboxylic acids is 1. The van der Waals surface area contributed by atoms with Crippen molar-refractivity contribution in [2.24, 2.45) is 0 Å². The minimum absolute atomic E-state index is 0.216. The predicted octanol–water partition coefficient (Wildman–Crippen LogP) is 0.996. The van der Waals surface area contributed by atoms with Crippen LogP contribution in [0.5, 0.6) is 0 Å². The molecule has 6 heteroatoms. The van der Waals surface area contributed by atoms with Crippen molar-refractivity contribution >= 4 is 22.8 Å². The van der Waals surface area contributed by atoms with Gasteiger partial charge in [-0.3, -0.25) is 9.59 Å². The highest BCUT2D eigenvalue weighted by Crippen LogP contribution is 2.12. The molecule has 0 saturated heterocycles.